The van der Waals surface area contributed by atoms with Gasteiger partial charge in [0.25, 0.3) is 0 Å². The summed E-state index contributed by atoms with van der Waals surface area (Å²) in [6.07, 6.45) is 0. The molecule has 0 fully saturated rings. The number of carbonyl (C=O) groups is 3. The number of benzene rings is 1. The van der Waals surface area contributed by atoms with Gasteiger partial charge in [-0.05, 0) is 12.1 Å². The van der Waals surface area contributed by atoms with Gasteiger partial charge in [0.15, 0.2) is 0 Å². The average molecular weight is 280 g/mol. The molecule has 1 aromatic rings. The van der Waals surface area contributed by atoms with E-state index in [0.717, 1.165) is 0 Å². The molecule has 0 saturated carbocycles. The standard InChI is InChI=1S/C14H16O6/c1-9(2)13(17)19-7-8-20-14(18)11-6-4-3-5-10(11)12(15)16/h3-6,9H,7-8H2,1-2H3,(H,15,16). The van der Waals surface area contributed by atoms with Crippen LogP contribution in [0.4, 0.5) is 0 Å². The fourth-order valence-corrected chi connectivity index (χ4v) is 1.37. The van der Waals surface area contributed by atoms with Crippen molar-refractivity contribution in [3.63, 3.8) is 0 Å². The van der Waals surface area contributed by atoms with Gasteiger partial charge in [-0.15, -0.1) is 0 Å². The van der Waals surface area contributed by atoms with Crippen molar-refractivity contribution < 1.29 is 29.0 Å². The molecule has 6 heteroatoms. The van der Waals surface area contributed by atoms with E-state index in [1.807, 2.05) is 0 Å². The van der Waals surface area contributed by atoms with Gasteiger partial charge in [0.2, 0.25) is 0 Å². The van der Waals surface area contributed by atoms with Crippen LogP contribution in [0.5, 0.6) is 0 Å². The molecule has 6 nitrogen and oxygen atoms in total. The van der Waals surface area contributed by atoms with Crippen LogP contribution < -0.4 is 0 Å². The van der Waals surface area contributed by atoms with E-state index >= 15 is 0 Å². The monoisotopic (exact) mass is 280 g/mol. The van der Waals surface area contributed by atoms with Crippen LogP contribution in [0.2, 0.25) is 0 Å². The first-order valence-corrected chi connectivity index (χ1v) is 6.09. The van der Waals surface area contributed by atoms with Gasteiger partial charge in [0, 0.05) is 0 Å². The minimum absolute atomic E-state index is 0.0322. The molecule has 0 radical (unpaired) electrons. The first kappa shape index (κ1) is 15.7. The van der Waals surface area contributed by atoms with Gasteiger partial charge in [-0.3, -0.25) is 4.79 Å². The maximum Gasteiger partial charge on any atom is 0.339 e. The smallest absolute Gasteiger partial charge is 0.339 e. The van der Waals surface area contributed by atoms with Crippen LogP contribution in [0.3, 0.4) is 0 Å². The van der Waals surface area contributed by atoms with Gasteiger partial charge < -0.3 is 14.6 Å². The van der Waals surface area contributed by atoms with E-state index in [1.54, 1.807) is 19.9 Å². The summed E-state index contributed by atoms with van der Waals surface area (Å²) in [7, 11) is 0. The minimum atomic E-state index is -1.20. The number of hydrogen-bond acceptors (Lipinski definition) is 5. The average Bonchev–Trinajstić information content (AvgIpc) is 2.42. The van der Waals surface area contributed by atoms with Crippen LogP contribution in [-0.2, 0) is 14.3 Å². The Balaban J connectivity index is 2.52. The Kier molecular flexibility index (Phi) is 5.71. The van der Waals surface area contributed by atoms with Crippen molar-refractivity contribution >= 4 is 17.9 Å². The second kappa shape index (κ2) is 7.28. The van der Waals surface area contributed by atoms with Crippen LogP contribution in [0.25, 0.3) is 0 Å². The van der Waals surface area contributed by atoms with E-state index in [0.29, 0.717) is 0 Å². The minimum Gasteiger partial charge on any atom is -0.478 e. The normalized spacial score (nSPS) is 10.2. The molecule has 0 aliphatic rings. The van der Waals surface area contributed by atoms with Crippen LogP contribution in [-0.4, -0.2) is 36.2 Å². The molecule has 0 heterocycles. The molecule has 0 bridgehead atoms. The van der Waals surface area contributed by atoms with Crippen molar-refractivity contribution in [3.05, 3.63) is 35.4 Å². The second-order valence-electron chi connectivity index (χ2n) is 4.31. The second-order valence-corrected chi connectivity index (χ2v) is 4.31. The summed E-state index contributed by atoms with van der Waals surface area (Å²) in [5.41, 5.74) is -0.160. The molecule has 0 aromatic heterocycles. The highest BCUT2D eigenvalue weighted by atomic mass is 16.6. The van der Waals surface area contributed by atoms with Gasteiger partial charge in [-0.2, -0.15) is 0 Å². The van der Waals surface area contributed by atoms with Crippen LogP contribution >= 0.6 is 0 Å². The number of hydrogen-bond donors (Lipinski definition) is 1. The van der Waals surface area contributed by atoms with Gasteiger partial charge >= 0.3 is 17.9 Å². The Hall–Kier alpha value is -2.37. The third-order valence-corrected chi connectivity index (χ3v) is 2.41. The fourth-order valence-electron chi connectivity index (χ4n) is 1.37. The molecular weight excluding hydrogens is 264 g/mol. The Labute approximate surface area is 116 Å². The highest BCUT2D eigenvalue weighted by molar-refractivity contribution is 6.02. The van der Waals surface area contributed by atoms with E-state index in [4.69, 9.17) is 14.6 Å². The molecule has 20 heavy (non-hydrogen) atoms. The van der Waals surface area contributed by atoms with Crippen molar-refractivity contribution in [3.8, 4) is 0 Å². The number of aromatic carboxylic acids is 1. The molecule has 0 atom stereocenters. The molecule has 1 rings (SSSR count). The lowest BCUT2D eigenvalue weighted by Crippen LogP contribution is -2.18. The molecule has 0 amide bonds. The molecule has 1 aromatic carbocycles. The summed E-state index contributed by atoms with van der Waals surface area (Å²) in [5.74, 6) is -2.60. The topological polar surface area (TPSA) is 89.9 Å². The number of carbonyl (C=O) groups excluding carboxylic acids is 2. The summed E-state index contributed by atoms with van der Waals surface area (Å²) in [5, 5.41) is 8.94. The molecule has 0 spiro atoms. The van der Waals surface area contributed by atoms with E-state index in [1.165, 1.54) is 18.2 Å². The number of ether oxygens (including phenoxy) is 2. The van der Waals surface area contributed by atoms with Gasteiger partial charge in [-0.1, -0.05) is 26.0 Å². The molecule has 108 valence electrons. The number of carboxylic acid groups (broad SMARTS) is 1. The lowest BCUT2D eigenvalue weighted by Gasteiger charge is -2.09. The van der Waals surface area contributed by atoms with Crippen molar-refractivity contribution in [1.29, 1.82) is 0 Å². The zero-order valence-corrected chi connectivity index (χ0v) is 11.3. The highest BCUT2D eigenvalue weighted by Crippen LogP contribution is 2.10. The maximum atomic E-state index is 11.7. The van der Waals surface area contributed by atoms with Crippen molar-refractivity contribution in [2.75, 3.05) is 13.2 Å². The van der Waals surface area contributed by atoms with Crippen LogP contribution in [0.15, 0.2) is 24.3 Å². The lowest BCUT2D eigenvalue weighted by atomic mass is 10.1. The Morgan fingerprint density at radius 3 is 2.15 bits per heavy atom. The summed E-state index contributed by atoms with van der Waals surface area (Å²) in [6.45, 7) is 3.21. The first-order valence-electron chi connectivity index (χ1n) is 6.09. The summed E-state index contributed by atoms with van der Waals surface area (Å²) < 4.78 is 9.70. The molecule has 0 saturated heterocycles. The first-order chi connectivity index (χ1) is 9.43. The largest absolute Gasteiger partial charge is 0.478 e. The molecule has 0 unspecified atom stereocenters. The lowest BCUT2D eigenvalue weighted by molar-refractivity contribution is -0.148. The van der Waals surface area contributed by atoms with Crippen LogP contribution in [0, 0.1) is 5.92 Å². The Morgan fingerprint density at radius 1 is 1.05 bits per heavy atom. The fraction of sp³-hybridized carbons (Fsp3) is 0.357. The van der Waals surface area contributed by atoms with Crippen molar-refractivity contribution in [2.45, 2.75) is 13.8 Å². The number of carboxylic acids is 1. The maximum absolute atomic E-state index is 11.7. The SMILES string of the molecule is CC(C)C(=O)OCCOC(=O)c1ccccc1C(=O)O. The van der Waals surface area contributed by atoms with E-state index in [2.05, 4.69) is 0 Å². The van der Waals surface area contributed by atoms with Crippen molar-refractivity contribution in [1.82, 2.24) is 0 Å². The van der Waals surface area contributed by atoms with Gasteiger partial charge in [-0.25, -0.2) is 9.59 Å². The Morgan fingerprint density at radius 2 is 1.60 bits per heavy atom. The highest BCUT2D eigenvalue weighted by Gasteiger charge is 2.17. The molecule has 1 N–H and O–H groups in total. The zero-order valence-electron chi connectivity index (χ0n) is 11.3. The van der Waals surface area contributed by atoms with Gasteiger partial charge in [0.1, 0.15) is 13.2 Å². The molecule has 0 aliphatic heterocycles. The number of rotatable bonds is 6. The summed E-state index contributed by atoms with van der Waals surface area (Å²) in [4.78, 5) is 33.8. The van der Waals surface area contributed by atoms with Crippen molar-refractivity contribution in [2.24, 2.45) is 5.92 Å². The zero-order chi connectivity index (χ0) is 15.1. The number of esters is 2. The molecule has 0 aliphatic carbocycles. The van der Waals surface area contributed by atoms with E-state index in [9.17, 15) is 14.4 Å². The van der Waals surface area contributed by atoms with Crippen LogP contribution in [0.1, 0.15) is 34.6 Å². The summed E-state index contributed by atoms with van der Waals surface area (Å²) in [6, 6.07) is 5.75. The molecular formula is C14H16O6. The van der Waals surface area contributed by atoms with Gasteiger partial charge in [0.05, 0.1) is 17.0 Å². The predicted octanol–water partition coefficient (Wildman–Crippen LogP) is 1.74. The third kappa shape index (κ3) is 4.38. The predicted molar refractivity (Wildman–Crippen MR) is 69.5 cm³/mol. The third-order valence-electron chi connectivity index (χ3n) is 2.41. The summed E-state index contributed by atoms with van der Waals surface area (Å²) >= 11 is 0. The quantitative estimate of drug-likeness (QED) is 0.630. The van der Waals surface area contributed by atoms with E-state index in [-0.39, 0.29) is 36.2 Å². The Bertz CT molecular complexity index is 506. The van der Waals surface area contributed by atoms with E-state index < -0.39 is 11.9 Å².